The predicted molar refractivity (Wildman–Crippen MR) is 56.9 cm³/mol. The Bertz CT molecular complexity index is 554. The summed E-state index contributed by atoms with van der Waals surface area (Å²) < 4.78 is 39.1. The Morgan fingerprint density at radius 2 is 2.00 bits per heavy atom. The maximum absolute atomic E-state index is 12.4. The Labute approximate surface area is 107 Å². The van der Waals surface area contributed by atoms with Crippen LogP contribution in [0.4, 0.5) is 13.2 Å². The lowest BCUT2D eigenvalue weighted by molar-refractivity contribution is -0.145. The number of aromatic nitrogens is 4. The highest BCUT2D eigenvalue weighted by Crippen LogP contribution is 2.27. The summed E-state index contributed by atoms with van der Waals surface area (Å²) in [6.45, 7) is 0. The molecule has 0 unspecified atom stereocenters. The van der Waals surface area contributed by atoms with E-state index in [2.05, 4.69) is 31.0 Å². The van der Waals surface area contributed by atoms with Crippen LogP contribution in [-0.4, -0.2) is 19.7 Å². The van der Waals surface area contributed by atoms with Gasteiger partial charge in [-0.05, 0) is 15.9 Å². The van der Waals surface area contributed by atoms with Crippen molar-refractivity contribution in [3.05, 3.63) is 33.9 Å². The van der Waals surface area contributed by atoms with Crippen LogP contribution in [-0.2, 0) is 6.18 Å². The Balaban J connectivity index is 2.52. The molecule has 4 nitrogen and oxygen atoms in total. The highest BCUT2D eigenvalue weighted by molar-refractivity contribution is 9.10. The minimum absolute atomic E-state index is 0.0528. The quantitative estimate of drug-likeness (QED) is 0.756. The first kappa shape index (κ1) is 12.3. The van der Waals surface area contributed by atoms with Gasteiger partial charge in [0.05, 0.1) is 10.7 Å². The number of alkyl halides is 3. The van der Waals surface area contributed by atoms with E-state index in [0.29, 0.717) is 4.47 Å². The summed E-state index contributed by atoms with van der Waals surface area (Å²) in [5.41, 5.74) is 0. The molecule has 0 spiro atoms. The highest BCUT2D eigenvalue weighted by Gasteiger charge is 2.35. The fourth-order valence-corrected chi connectivity index (χ4v) is 1.54. The topological polar surface area (TPSA) is 43.6 Å². The molecule has 2 heterocycles. The van der Waals surface area contributed by atoms with Gasteiger partial charge in [0.15, 0.2) is 5.82 Å². The van der Waals surface area contributed by atoms with E-state index >= 15 is 0 Å². The van der Waals surface area contributed by atoms with E-state index < -0.39 is 12.0 Å². The maximum atomic E-state index is 12.4. The van der Waals surface area contributed by atoms with Crippen molar-refractivity contribution in [1.82, 2.24) is 19.7 Å². The van der Waals surface area contributed by atoms with Crippen LogP contribution >= 0.6 is 27.5 Å². The first-order valence-electron chi connectivity index (χ1n) is 4.18. The van der Waals surface area contributed by atoms with E-state index in [4.69, 9.17) is 11.6 Å². The van der Waals surface area contributed by atoms with Crippen molar-refractivity contribution in [2.45, 2.75) is 6.18 Å². The number of rotatable bonds is 1. The second-order valence-corrected chi connectivity index (χ2v) is 4.28. The highest BCUT2D eigenvalue weighted by atomic mass is 79.9. The zero-order valence-electron chi connectivity index (χ0n) is 7.91. The molecule has 0 aliphatic carbocycles. The van der Waals surface area contributed by atoms with Gasteiger partial charge < -0.3 is 0 Å². The number of hydrogen-bond acceptors (Lipinski definition) is 3. The van der Waals surface area contributed by atoms with Gasteiger partial charge in [0.2, 0.25) is 5.82 Å². The summed E-state index contributed by atoms with van der Waals surface area (Å²) in [6, 6.07) is 1.19. The van der Waals surface area contributed by atoms with Crippen LogP contribution in [0.2, 0.25) is 5.15 Å². The molecule has 90 valence electrons. The molecule has 0 amide bonds. The summed E-state index contributed by atoms with van der Waals surface area (Å²) in [5.74, 6) is -1.35. The monoisotopic (exact) mass is 326 g/mol. The van der Waals surface area contributed by atoms with E-state index in [1.807, 2.05) is 0 Å². The average molecular weight is 327 g/mol. The minimum atomic E-state index is -4.65. The molecule has 0 bridgehead atoms. The van der Waals surface area contributed by atoms with Crippen LogP contribution in [0.5, 0.6) is 0 Å². The fourth-order valence-electron chi connectivity index (χ4n) is 1.08. The van der Waals surface area contributed by atoms with Gasteiger partial charge in [-0.3, -0.25) is 0 Å². The molecule has 0 saturated heterocycles. The molecule has 0 atom stereocenters. The van der Waals surface area contributed by atoms with Gasteiger partial charge in [-0.1, -0.05) is 11.6 Å². The van der Waals surface area contributed by atoms with Crippen molar-refractivity contribution in [2.75, 3.05) is 0 Å². The molecular formula is C8H3BrClF3N4. The van der Waals surface area contributed by atoms with Crippen molar-refractivity contribution >= 4 is 27.5 Å². The molecule has 0 aliphatic heterocycles. The third-order valence-corrected chi connectivity index (χ3v) is 2.32. The van der Waals surface area contributed by atoms with Crippen molar-refractivity contribution in [3.8, 4) is 5.82 Å². The van der Waals surface area contributed by atoms with E-state index in [0.717, 1.165) is 4.68 Å². The number of hydrogen-bond donors (Lipinski definition) is 0. The fraction of sp³-hybridized carbons (Fsp3) is 0.125. The summed E-state index contributed by atoms with van der Waals surface area (Å²) in [7, 11) is 0. The summed E-state index contributed by atoms with van der Waals surface area (Å²) in [6.07, 6.45) is -1.77. The van der Waals surface area contributed by atoms with Crippen LogP contribution in [0.25, 0.3) is 5.82 Å². The molecule has 0 radical (unpaired) electrons. The van der Waals surface area contributed by atoms with E-state index in [-0.39, 0.29) is 11.0 Å². The second kappa shape index (κ2) is 4.26. The van der Waals surface area contributed by atoms with Gasteiger partial charge in [-0.2, -0.15) is 18.3 Å². The first-order chi connectivity index (χ1) is 7.86. The van der Waals surface area contributed by atoms with Crippen LogP contribution in [0.3, 0.4) is 0 Å². The Kier molecular flexibility index (Phi) is 3.09. The largest absolute Gasteiger partial charge is 0.451 e. The third-order valence-electron chi connectivity index (χ3n) is 1.72. The smallest absolute Gasteiger partial charge is 0.221 e. The standard InChI is InChI=1S/C8H3BrClF3N4/c9-4-2-14-17(3-4)6-1-5(10)15-7(16-6)8(11,12)13/h1-3H. The van der Waals surface area contributed by atoms with Crippen LogP contribution < -0.4 is 0 Å². The molecule has 17 heavy (non-hydrogen) atoms. The molecule has 9 heteroatoms. The van der Waals surface area contributed by atoms with E-state index in [9.17, 15) is 13.2 Å². The van der Waals surface area contributed by atoms with E-state index in [1.54, 1.807) is 0 Å². The molecule has 0 aliphatic rings. The van der Waals surface area contributed by atoms with Crippen LogP contribution in [0, 0.1) is 0 Å². The molecular weight excluding hydrogens is 324 g/mol. The Morgan fingerprint density at radius 1 is 1.29 bits per heavy atom. The molecule has 0 saturated carbocycles. The van der Waals surface area contributed by atoms with Gasteiger partial charge in [0.25, 0.3) is 0 Å². The van der Waals surface area contributed by atoms with Crippen LogP contribution in [0.15, 0.2) is 22.9 Å². The molecule has 0 aromatic carbocycles. The lowest BCUT2D eigenvalue weighted by atomic mass is 10.5. The second-order valence-electron chi connectivity index (χ2n) is 2.97. The lowest BCUT2D eigenvalue weighted by Gasteiger charge is -2.07. The summed E-state index contributed by atoms with van der Waals surface area (Å²) >= 11 is 8.63. The summed E-state index contributed by atoms with van der Waals surface area (Å²) in [5, 5.41) is 3.51. The molecule has 0 fully saturated rings. The van der Waals surface area contributed by atoms with Crippen molar-refractivity contribution in [3.63, 3.8) is 0 Å². The SMILES string of the molecule is FC(F)(F)c1nc(Cl)cc(-n2cc(Br)cn2)n1. The third kappa shape index (κ3) is 2.75. The van der Waals surface area contributed by atoms with Crippen molar-refractivity contribution in [2.24, 2.45) is 0 Å². The van der Waals surface area contributed by atoms with Crippen LogP contribution in [0.1, 0.15) is 5.82 Å². The van der Waals surface area contributed by atoms with Crippen molar-refractivity contribution < 1.29 is 13.2 Å². The molecule has 0 N–H and O–H groups in total. The lowest BCUT2D eigenvalue weighted by Crippen LogP contribution is -2.13. The predicted octanol–water partition coefficient (Wildman–Crippen LogP) is 3.10. The maximum Gasteiger partial charge on any atom is 0.451 e. The number of nitrogens with zero attached hydrogens (tertiary/aromatic N) is 4. The Hall–Kier alpha value is -1.15. The first-order valence-corrected chi connectivity index (χ1v) is 5.36. The molecule has 2 aromatic rings. The number of halogens is 5. The molecule has 2 aromatic heterocycles. The zero-order valence-corrected chi connectivity index (χ0v) is 10.3. The minimum Gasteiger partial charge on any atom is -0.221 e. The van der Waals surface area contributed by atoms with Gasteiger partial charge in [0.1, 0.15) is 5.15 Å². The van der Waals surface area contributed by atoms with Gasteiger partial charge in [0, 0.05) is 12.3 Å². The Morgan fingerprint density at radius 3 is 2.53 bits per heavy atom. The van der Waals surface area contributed by atoms with Gasteiger partial charge in [-0.25, -0.2) is 14.6 Å². The average Bonchev–Trinajstić information content (AvgIpc) is 2.62. The van der Waals surface area contributed by atoms with Crippen molar-refractivity contribution in [1.29, 1.82) is 0 Å². The normalized spacial score (nSPS) is 11.8. The summed E-state index contributed by atoms with van der Waals surface area (Å²) in [4.78, 5) is 6.46. The zero-order chi connectivity index (χ0) is 12.6. The van der Waals surface area contributed by atoms with E-state index in [1.165, 1.54) is 18.5 Å². The van der Waals surface area contributed by atoms with Gasteiger partial charge >= 0.3 is 6.18 Å². The molecule has 2 rings (SSSR count). The van der Waals surface area contributed by atoms with Gasteiger partial charge in [-0.15, -0.1) is 0 Å².